The molecule has 0 amide bonds. The maximum atomic E-state index is 11.7. The molecule has 20 heavy (non-hydrogen) atoms. The highest BCUT2D eigenvalue weighted by molar-refractivity contribution is 7.10. The van der Waals surface area contributed by atoms with Gasteiger partial charge in [0.25, 0.3) is 0 Å². The van der Waals surface area contributed by atoms with Gasteiger partial charge in [0.1, 0.15) is 11.6 Å². The Balaban J connectivity index is 2.49. The molecule has 1 unspecified atom stereocenters. The van der Waals surface area contributed by atoms with Gasteiger partial charge in [-0.15, -0.1) is 11.3 Å². The molecule has 2 heterocycles. The van der Waals surface area contributed by atoms with Crippen LogP contribution in [0.4, 0.5) is 5.82 Å². The lowest BCUT2D eigenvalue weighted by molar-refractivity contribution is 0.0595. The Morgan fingerprint density at radius 1 is 1.60 bits per heavy atom. The van der Waals surface area contributed by atoms with E-state index in [0.29, 0.717) is 5.82 Å². The summed E-state index contributed by atoms with van der Waals surface area (Å²) in [7, 11) is 1.33. The summed E-state index contributed by atoms with van der Waals surface area (Å²) >= 11 is 1.69. The number of aryl methyl sites for hydroxylation is 1. The number of hydrogen-bond donors (Lipinski definition) is 1. The van der Waals surface area contributed by atoms with Gasteiger partial charge in [-0.25, -0.2) is 9.78 Å². The first-order chi connectivity index (χ1) is 9.60. The first-order valence-corrected chi connectivity index (χ1v) is 7.44. The first-order valence-electron chi connectivity index (χ1n) is 6.56. The lowest BCUT2D eigenvalue weighted by Crippen LogP contribution is -2.15. The average Bonchev–Trinajstić information content (AvgIpc) is 3.05. The number of nitrogen functional groups attached to an aromatic ring is 1. The number of rotatable bonds is 5. The molecule has 2 aromatic rings. The molecule has 0 aliphatic rings. The largest absolute Gasteiger partial charge is 0.464 e. The average molecular weight is 293 g/mol. The van der Waals surface area contributed by atoms with Crippen LogP contribution < -0.4 is 5.73 Å². The summed E-state index contributed by atoms with van der Waals surface area (Å²) in [5.74, 6) is 0.613. The standard InChI is InChI=1S/C14H19N3O2S/c1-4-6-10(11-7-5-8-20-11)17-9(2)16-12(13(17)15)14(18)19-3/h5,7-8,10H,4,6,15H2,1-3H3. The van der Waals surface area contributed by atoms with E-state index in [2.05, 4.69) is 18.0 Å². The molecule has 0 aliphatic heterocycles. The van der Waals surface area contributed by atoms with Crippen molar-refractivity contribution in [2.45, 2.75) is 32.7 Å². The lowest BCUT2D eigenvalue weighted by atomic mass is 10.1. The van der Waals surface area contributed by atoms with Crippen LogP contribution in [0, 0.1) is 6.92 Å². The molecule has 2 rings (SSSR count). The predicted molar refractivity (Wildman–Crippen MR) is 80.1 cm³/mol. The number of carbonyl (C=O) groups is 1. The number of nitrogens with zero attached hydrogens (tertiary/aromatic N) is 2. The molecule has 2 N–H and O–H groups in total. The topological polar surface area (TPSA) is 70.1 Å². The van der Waals surface area contributed by atoms with Gasteiger partial charge in [0, 0.05) is 4.88 Å². The smallest absolute Gasteiger partial charge is 0.360 e. The zero-order chi connectivity index (χ0) is 14.7. The molecule has 0 saturated carbocycles. The van der Waals surface area contributed by atoms with Crippen molar-refractivity contribution in [2.24, 2.45) is 0 Å². The van der Waals surface area contributed by atoms with Crippen LogP contribution in [0.3, 0.4) is 0 Å². The summed E-state index contributed by atoms with van der Waals surface area (Å²) in [6, 6.07) is 4.22. The van der Waals surface area contributed by atoms with E-state index < -0.39 is 5.97 Å². The van der Waals surface area contributed by atoms with Crippen LogP contribution >= 0.6 is 11.3 Å². The van der Waals surface area contributed by atoms with Crippen molar-refractivity contribution >= 4 is 23.1 Å². The van der Waals surface area contributed by atoms with Gasteiger partial charge in [-0.2, -0.15) is 0 Å². The fraction of sp³-hybridized carbons (Fsp3) is 0.429. The molecule has 0 bridgehead atoms. The van der Waals surface area contributed by atoms with Crippen LogP contribution in [0.25, 0.3) is 0 Å². The van der Waals surface area contributed by atoms with Gasteiger partial charge in [0.2, 0.25) is 0 Å². The second-order valence-corrected chi connectivity index (χ2v) is 5.55. The van der Waals surface area contributed by atoms with E-state index in [1.807, 2.05) is 22.9 Å². The third-order valence-corrected chi connectivity index (χ3v) is 4.22. The Morgan fingerprint density at radius 2 is 2.35 bits per heavy atom. The molecule has 0 spiro atoms. The van der Waals surface area contributed by atoms with E-state index in [9.17, 15) is 4.79 Å². The van der Waals surface area contributed by atoms with Crippen molar-refractivity contribution in [2.75, 3.05) is 12.8 Å². The van der Waals surface area contributed by atoms with Crippen LogP contribution in [0.5, 0.6) is 0 Å². The fourth-order valence-electron chi connectivity index (χ4n) is 2.35. The van der Waals surface area contributed by atoms with Gasteiger partial charge >= 0.3 is 5.97 Å². The summed E-state index contributed by atoms with van der Waals surface area (Å²) in [4.78, 5) is 17.2. The van der Waals surface area contributed by atoms with E-state index >= 15 is 0 Å². The molecule has 108 valence electrons. The van der Waals surface area contributed by atoms with E-state index in [-0.39, 0.29) is 11.7 Å². The monoisotopic (exact) mass is 293 g/mol. The van der Waals surface area contributed by atoms with Gasteiger partial charge in [-0.05, 0) is 24.8 Å². The number of aromatic nitrogens is 2. The highest BCUT2D eigenvalue weighted by Crippen LogP contribution is 2.32. The van der Waals surface area contributed by atoms with E-state index in [1.54, 1.807) is 11.3 Å². The number of esters is 1. The Hall–Kier alpha value is -1.82. The van der Waals surface area contributed by atoms with Crippen LogP contribution in [0.15, 0.2) is 17.5 Å². The molecule has 6 heteroatoms. The summed E-state index contributed by atoms with van der Waals surface area (Å²) in [6.45, 7) is 3.99. The summed E-state index contributed by atoms with van der Waals surface area (Å²) in [5, 5.41) is 2.04. The molecule has 1 atom stereocenters. The molecule has 0 aromatic carbocycles. The lowest BCUT2D eigenvalue weighted by Gasteiger charge is -2.19. The maximum Gasteiger partial charge on any atom is 0.360 e. The van der Waals surface area contributed by atoms with Crippen molar-refractivity contribution < 1.29 is 9.53 Å². The Bertz CT molecular complexity index is 590. The number of hydrogen-bond acceptors (Lipinski definition) is 5. The highest BCUT2D eigenvalue weighted by atomic mass is 32.1. The van der Waals surface area contributed by atoms with Crippen LogP contribution in [-0.2, 0) is 4.74 Å². The van der Waals surface area contributed by atoms with Gasteiger partial charge < -0.3 is 15.0 Å². The van der Waals surface area contributed by atoms with Crippen LogP contribution in [0.1, 0.15) is 47.0 Å². The Kier molecular flexibility index (Phi) is 4.44. The highest BCUT2D eigenvalue weighted by Gasteiger charge is 2.25. The van der Waals surface area contributed by atoms with Gasteiger partial charge in [-0.1, -0.05) is 19.4 Å². The maximum absolute atomic E-state index is 11.7. The first kappa shape index (κ1) is 14.6. The quantitative estimate of drug-likeness (QED) is 0.860. The summed E-state index contributed by atoms with van der Waals surface area (Å²) in [5.41, 5.74) is 6.32. The molecule has 5 nitrogen and oxygen atoms in total. The third-order valence-electron chi connectivity index (χ3n) is 3.25. The molecular formula is C14H19N3O2S. The van der Waals surface area contributed by atoms with Gasteiger partial charge in [-0.3, -0.25) is 0 Å². The number of thiophene rings is 1. The van der Waals surface area contributed by atoms with Crippen molar-refractivity contribution in [3.05, 3.63) is 33.9 Å². The number of anilines is 1. The molecule has 2 aromatic heterocycles. The minimum atomic E-state index is -0.495. The van der Waals surface area contributed by atoms with E-state index in [1.165, 1.54) is 12.0 Å². The van der Waals surface area contributed by atoms with Crippen LogP contribution in [0.2, 0.25) is 0 Å². The molecule has 0 saturated heterocycles. The SMILES string of the molecule is CCCC(c1cccs1)n1c(C)nc(C(=O)OC)c1N. The van der Waals surface area contributed by atoms with E-state index in [0.717, 1.165) is 18.7 Å². The summed E-state index contributed by atoms with van der Waals surface area (Å²) in [6.07, 6.45) is 1.97. The molecule has 0 radical (unpaired) electrons. The zero-order valence-corrected chi connectivity index (χ0v) is 12.7. The second-order valence-electron chi connectivity index (χ2n) is 4.57. The van der Waals surface area contributed by atoms with Crippen molar-refractivity contribution in [3.63, 3.8) is 0 Å². The normalized spacial score (nSPS) is 12.3. The Morgan fingerprint density at radius 3 is 2.90 bits per heavy atom. The van der Waals surface area contributed by atoms with Crippen molar-refractivity contribution in [1.29, 1.82) is 0 Å². The molecular weight excluding hydrogens is 274 g/mol. The summed E-state index contributed by atoms with van der Waals surface area (Å²) < 4.78 is 6.66. The number of carbonyl (C=O) groups excluding carboxylic acids is 1. The minimum Gasteiger partial charge on any atom is -0.464 e. The Labute approximate surface area is 122 Å². The number of imidazole rings is 1. The van der Waals surface area contributed by atoms with Crippen molar-refractivity contribution in [3.8, 4) is 0 Å². The van der Waals surface area contributed by atoms with E-state index in [4.69, 9.17) is 10.5 Å². The predicted octanol–water partition coefficient (Wildman–Crippen LogP) is 3.01. The molecule has 0 aliphatic carbocycles. The van der Waals surface area contributed by atoms with Gasteiger partial charge in [0.05, 0.1) is 13.2 Å². The van der Waals surface area contributed by atoms with Crippen LogP contribution in [-0.4, -0.2) is 22.6 Å². The number of nitrogens with two attached hydrogens (primary N) is 1. The zero-order valence-electron chi connectivity index (χ0n) is 11.9. The van der Waals surface area contributed by atoms with Gasteiger partial charge in [0.15, 0.2) is 5.69 Å². The third kappa shape index (κ3) is 2.56. The van der Waals surface area contributed by atoms with Crippen molar-refractivity contribution in [1.82, 2.24) is 9.55 Å². The molecule has 0 fully saturated rings. The second kappa shape index (κ2) is 6.09. The minimum absolute atomic E-state index is 0.117. The number of methoxy groups -OCH3 is 1. The number of ether oxygens (including phenoxy) is 1. The fourth-order valence-corrected chi connectivity index (χ4v) is 3.21.